The number of nitrogens with one attached hydrogen (secondary N) is 1. The minimum atomic E-state index is -1.54. The number of amides is 1. The molecule has 1 saturated heterocycles. The fraction of sp³-hybridized carbons (Fsp3) is 0.273. The van der Waals surface area contributed by atoms with E-state index in [-0.39, 0.29) is 6.54 Å². The third-order valence-corrected chi connectivity index (χ3v) is 2.87. The van der Waals surface area contributed by atoms with Gasteiger partial charge in [0.15, 0.2) is 11.6 Å². The van der Waals surface area contributed by atoms with Crippen LogP contribution in [0.3, 0.4) is 0 Å². The molecule has 7 heteroatoms. The summed E-state index contributed by atoms with van der Waals surface area (Å²) >= 11 is 0. The minimum Gasteiger partial charge on any atom is -0.481 e. The molecule has 2 N–H and O–H groups in total. The Kier molecular flexibility index (Phi) is 2.98. The Hall–Kier alpha value is -2.05. The van der Waals surface area contributed by atoms with Crippen LogP contribution >= 0.6 is 0 Å². The summed E-state index contributed by atoms with van der Waals surface area (Å²) in [5, 5.41) is 11.1. The number of carbonyl (C=O) groups excluding carboxylic acids is 1. The van der Waals surface area contributed by atoms with Crippen LogP contribution in [0, 0.1) is 23.4 Å². The van der Waals surface area contributed by atoms with Gasteiger partial charge in [0.2, 0.25) is 5.91 Å². The molecule has 1 aliphatic heterocycles. The van der Waals surface area contributed by atoms with Crippen molar-refractivity contribution in [1.82, 2.24) is 5.32 Å². The van der Waals surface area contributed by atoms with Gasteiger partial charge in [-0.1, -0.05) is 0 Å². The van der Waals surface area contributed by atoms with Crippen molar-refractivity contribution in [3.05, 3.63) is 35.1 Å². The Balaban J connectivity index is 2.49. The van der Waals surface area contributed by atoms with Crippen molar-refractivity contribution in [2.75, 3.05) is 6.54 Å². The highest BCUT2D eigenvalue weighted by molar-refractivity contribution is 5.99. The van der Waals surface area contributed by atoms with Crippen LogP contribution in [-0.2, 0) is 9.59 Å². The third kappa shape index (κ3) is 1.92. The van der Waals surface area contributed by atoms with Gasteiger partial charge in [0.1, 0.15) is 11.7 Å². The zero-order valence-electron chi connectivity index (χ0n) is 8.91. The number of carboxylic acid groups (broad SMARTS) is 1. The monoisotopic (exact) mass is 259 g/mol. The Morgan fingerprint density at radius 1 is 1.33 bits per heavy atom. The maximum atomic E-state index is 13.5. The van der Waals surface area contributed by atoms with Crippen LogP contribution in [0.5, 0.6) is 0 Å². The highest BCUT2D eigenvalue weighted by atomic mass is 19.2. The summed E-state index contributed by atoms with van der Waals surface area (Å²) < 4.78 is 39.6. The molecule has 1 aliphatic rings. The van der Waals surface area contributed by atoms with Gasteiger partial charge in [-0.15, -0.1) is 0 Å². The van der Waals surface area contributed by atoms with Crippen molar-refractivity contribution in [3.8, 4) is 0 Å². The van der Waals surface area contributed by atoms with Gasteiger partial charge in [-0.3, -0.25) is 9.59 Å². The summed E-state index contributed by atoms with van der Waals surface area (Å²) in [4.78, 5) is 22.2. The summed E-state index contributed by atoms with van der Waals surface area (Å²) in [5.74, 6) is -8.68. The topological polar surface area (TPSA) is 66.4 Å². The Bertz CT molecular complexity index is 533. The molecule has 0 aliphatic carbocycles. The predicted octanol–water partition coefficient (Wildman–Crippen LogP) is 1.02. The summed E-state index contributed by atoms with van der Waals surface area (Å²) in [6.07, 6.45) is 0. The normalized spacial score (nSPS) is 22.9. The van der Waals surface area contributed by atoms with Gasteiger partial charge < -0.3 is 10.4 Å². The van der Waals surface area contributed by atoms with Crippen molar-refractivity contribution in [2.45, 2.75) is 5.92 Å². The molecule has 0 aromatic heterocycles. The molecule has 4 nitrogen and oxygen atoms in total. The van der Waals surface area contributed by atoms with Crippen molar-refractivity contribution < 1.29 is 27.9 Å². The van der Waals surface area contributed by atoms with Crippen LogP contribution in [0.25, 0.3) is 0 Å². The molecule has 1 heterocycles. The van der Waals surface area contributed by atoms with Crippen LogP contribution in [0.1, 0.15) is 11.5 Å². The molecular formula is C11H8F3NO3. The Morgan fingerprint density at radius 2 is 2.00 bits per heavy atom. The van der Waals surface area contributed by atoms with Crippen molar-refractivity contribution >= 4 is 11.9 Å². The van der Waals surface area contributed by atoms with Gasteiger partial charge in [-0.05, 0) is 6.07 Å². The van der Waals surface area contributed by atoms with Crippen LogP contribution in [0.15, 0.2) is 12.1 Å². The molecule has 0 spiro atoms. The smallest absolute Gasteiger partial charge is 0.316 e. The summed E-state index contributed by atoms with van der Waals surface area (Å²) in [7, 11) is 0. The van der Waals surface area contributed by atoms with Crippen molar-refractivity contribution in [3.63, 3.8) is 0 Å². The maximum Gasteiger partial charge on any atom is 0.316 e. The summed E-state index contributed by atoms with van der Waals surface area (Å²) in [6.45, 7) is -0.171. The zero-order valence-corrected chi connectivity index (χ0v) is 8.91. The molecule has 96 valence electrons. The van der Waals surface area contributed by atoms with Gasteiger partial charge in [-0.25, -0.2) is 13.2 Å². The Morgan fingerprint density at radius 3 is 2.61 bits per heavy atom. The molecule has 1 fully saturated rings. The molecule has 1 unspecified atom stereocenters. The maximum absolute atomic E-state index is 13.5. The molecule has 1 aromatic carbocycles. The van der Waals surface area contributed by atoms with E-state index in [0.717, 1.165) is 0 Å². The number of hydrogen-bond acceptors (Lipinski definition) is 2. The number of carbonyl (C=O) groups is 2. The van der Waals surface area contributed by atoms with E-state index < -0.39 is 46.7 Å². The lowest BCUT2D eigenvalue weighted by atomic mass is 9.88. The first-order valence-corrected chi connectivity index (χ1v) is 5.06. The quantitative estimate of drug-likeness (QED) is 0.615. The molecule has 1 amide bonds. The largest absolute Gasteiger partial charge is 0.481 e. The van der Waals surface area contributed by atoms with E-state index >= 15 is 0 Å². The average Bonchev–Trinajstić information content (AvgIpc) is 2.65. The molecular weight excluding hydrogens is 251 g/mol. The van der Waals surface area contributed by atoms with E-state index in [1.165, 1.54) is 0 Å². The van der Waals surface area contributed by atoms with Gasteiger partial charge in [0, 0.05) is 24.1 Å². The number of hydrogen-bond donors (Lipinski definition) is 2. The van der Waals surface area contributed by atoms with Crippen LogP contribution in [-0.4, -0.2) is 23.5 Å². The van der Waals surface area contributed by atoms with Crippen LogP contribution in [0.4, 0.5) is 13.2 Å². The van der Waals surface area contributed by atoms with Crippen LogP contribution in [0.2, 0.25) is 0 Å². The zero-order chi connectivity index (χ0) is 13.4. The molecule has 0 saturated carbocycles. The Labute approximate surface area is 99.4 Å². The lowest BCUT2D eigenvalue weighted by Gasteiger charge is -2.14. The average molecular weight is 259 g/mol. The molecule has 2 atom stereocenters. The van der Waals surface area contributed by atoms with Crippen LogP contribution < -0.4 is 5.32 Å². The second kappa shape index (κ2) is 4.32. The SMILES string of the molecule is O=C(O)C1C(=O)NC[C@H]1c1cc(F)cc(F)c1F. The first kappa shape index (κ1) is 12.4. The summed E-state index contributed by atoms with van der Waals surface area (Å²) in [6, 6.07) is 1.07. The standard InChI is InChI=1S/C11H8F3NO3/c12-4-1-5(9(14)7(13)2-4)6-3-15-10(16)8(6)11(17)18/h1-2,6,8H,3H2,(H,15,16)(H,17,18)/t6-,8?/m0/s1. The molecule has 18 heavy (non-hydrogen) atoms. The van der Waals surface area contributed by atoms with Crippen molar-refractivity contribution in [1.29, 1.82) is 0 Å². The molecule has 2 rings (SSSR count). The number of rotatable bonds is 2. The number of carboxylic acids is 1. The van der Waals surface area contributed by atoms with Gasteiger partial charge >= 0.3 is 5.97 Å². The predicted molar refractivity (Wildman–Crippen MR) is 53.2 cm³/mol. The van der Waals surface area contributed by atoms with Crippen molar-refractivity contribution in [2.24, 2.45) is 5.92 Å². The minimum absolute atomic E-state index is 0.171. The second-order valence-corrected chi connectivity index (χ2v) is 3.96. The molecule has 0 bridgehead atoms. The van der Waals surface area contributed by atoms with Gasteiger partial charge in [0.25, 0.3) is 0 Å². The van der Waals surface area contributed by atoms with E-state index in [9.17, 15) is 22.8 Å². The lowest BCUT2D eigenvalue weighted by molar-refractivity contribution is -0.145. The highest BCUT2D eigenvalue weighted by Crippen LogP contribution is 2.32. The fourth-order valence-corrected chi connectivity index (χ4v) is 2.04. The van der Waals surface area contributed by atoms with E-state index in [0.29, 0.717) is 12.1 Å². The van der Waals surface area contributed by atoms with E-state index in [1.807, 2.05) is 0 Å². The lowest BCUT2D eigenvalue weighted by Crippen LogP contribution is -2.27. The third-order valence-electron chi connectivity index (χ3n) is 2.87. The summed E-state index contributed by atoms with van der Waals surface area (Å²) in [5.41, 5.74) is -0.446. The van der Waals surface area contributed by atoms with E-state index in [1.54, 1.807) is 0 Å². The number of aliphatic carboxylic acids is 1. The second-order valence-electron chi connectivity index (χ2n) is 3.96. The van der Waals surface area contributed by atoms with Gasteiger partial charge in [-0.2, -0.15) is 0 Å². The number of halogens is 3. The number of benzene rings is 1. The molecule has 1 aromatic rings. The first-order chi connectivity index (χ1) is 8.41. The fourth-order valence-electron chi connectivity index (χ4n) is 2.04. The first-order valence-electron chi connectivity index (χ1n) is 5.06. The highest BCUT2D eigenvalue weighted by Gasteiger charge is 2.42. The molecule has 0 radical (unpaired) electrons. The van der Waals surface area contributed by atoms with E-state index in [2.05, 4.69) is 5.32 Å². The van der Waals surface area contributed by atoms with E-state index in [4.69, 9.17) is 5.11 Å². The van der Waals surface area contributed by atoms with Gasteiger partial charge in [0.05, 0.1) is 0 Å².